The highest BCUT2D eigenvalue weighted by Crippen LogP contribution is 2.34. The van der Waals surface area contributed by atoms with Gasteiger partial charge in [0.05, 0.1) is 31.2 Å². The van der Waals surface area contributed by atoms with Crippen LogP contribution < -0.4 is 4.74 Å². The summed E-state index contributed by atoms with van der Waals surface area (Å²) >= 11 is 1.49. The number of nitrogens with zero attached hydrogens (tertiary/aromatic N) is 2. The van der Waals surface area contributed by atoms with Crippen LogP contribution in [0.3, 0.4) is 0 Å². The molecule has 146 valence electrons. The van der Waals surface area contributed by atoms with Crippen molar-refractivity contribution in [2.45, 2.75) is 13.0 Å². The van der Waals surface area contributed by atoms with Gasteiger partial charge in [-0.05, 0) is 43.1 Å². The molecular weight excluding hydrogens is 368 g/mol. The van der Waals surface area contributed by atoms with Crippen LogP contribution in [-0.2, 0) is 9.53 Å². The van der Waals surface area contributed by atoms with Gasteiger partial charge in [-0.15, -0.1) is 11.3 Å². The van der Waals surface area contributed by atoms with E-state index in [9.17, 15) is 9.59 Å². The fourth-order valence-corrected chi connectivity index (χ4v) is 4.49. The van der Waals surface area contributed by atoms with Crippen molar-refractivity contribution in [3.05, 3.63) is 28.6 Å². The number of amides is 1. The van der Waals surface area contributed by atoms with Crippen molar-refractivity contribution < 1.29 is 24.2 Å². The van der Waals surface area contributed by atoms with Crippen molar-refractivity contribution in [3.8, 4) is 5.75 Å². The van der Waals surface area contributed by atoms with Crippen molar-refractivity contribution in [2.75, 3.05) is 46.9 Å². The molecule has 1 amide bonds. The number of carboxylic acid groups (broad SMARTS) is 1. The molecule has 3 rings (SSSR count). The summed E-state index contributed by atoms with van der Waals surface area (Å²) in [5.41, 5.74) is 0.963. The Morgan fingerprint density at radius 3 is 2.93 bits per heavy atom. The number of likely N-dealkylation sites (N-methyl/N-ethyl adjacent to an activating group) is 1. The number of morpholine rings is 1. The molecule has 8 heteroatoms. The molecule has 7 nitrogen and oxygen atoms in total. The summed E-state index contributed by atoms with van der Waals surface area (Å²) in [6.07, 6.45) is -0.193. The maximum Gasteiger partial charge on any atom is 0.317 e. The van der Waals surface area contributed by atoms with Gasteiger partial charge in [0, 0.05) is 24.3 Å². The first-order chi connectivity index (χ1) is 12.9. The summed E-state index contributed by atoms with van der Waals surface area (Å²) in [5.74, 6) is -0.102. The van der Waals surface area contributed by atoms with Crippen LogP contribution in [0, 0.1) is 6.92 Å². The molecule has 0 radical (unpaired) electrons. The molecule has 2 heterocycles. The van der Waals surface area contributed by atoms with Gasteiger partial charge in [0.15, 0.2) is 0 Å². The predicted molar refractivity (Wildman–Crippen MR) is 104 cm³/mol. The van der Waals surface area contributed by atoms with Gasteiger partial charge in [0.1, 0.15) is 5.75 Å². The quantitative estimate of drug-likeness (QED) is 0.811. The number of methoxy groups -OCH3 is 1. The third kappa shape index (κ3) is 4.40. The zero-order valence-electron chi connectivity index (χ0n) is 15.7. The summed E-state index contributed by atoms with van der Waals surface area (Å²) < 4.78 is 12.1. The Bertz CT molecular complexity index is 850. The van der Waals surface area contributed by atoms with E-state index < -0.39 is 5.97 Å². The number of hydrogen-bond donors (Lipinski definition) is 1. The molecule has 1 aromatic heterocycles. The number of thiophene rings is 1. The van der Waals surface area contributed by atoms with Gasteiger partial charge < -0.3 is 19.5 Å². The van der Waals surface area contributed by atoms with Crippen molar-refractivity contribution in [1.82, 2.24) is 9.80 Å². The monoisotopic (exact) mass is 392 g/mol. The van der Waals surface area contributed by atoms with Gasteiger partial charge >= 0.3 is 5.97 Å². The summed E-state index contributed by atoms with van der Waals surface area (Å²) in [4.78, 5) is 28.1. The van der Waals surface area contributed by atoms with Gasteiger partial charge in [-0.25, -0.2) is 0 Å². The minimum atomic E-state index is -0.877. The fraction of sp³-hybridized carbons (Fsp3) is 0.474. The summed E-state index contributed by atoms with van der Waals surface area (Å²) in [6.45, 7) is 3.83. The number of hydrogen-bond acceptors (Lipinski definition) is 6. The van der Waals surface area contributed by atoms with Crippen molar-refractivity contribution in [3.63, 3.8) is 0 Å². The normalized spacial score (nSPS) is 17.5. The van der Waals surface area contributed by atoms with E-state index in [0.717, 1.165) is 26.3 Å². The number of benzene rings is 1. The van der Waals surface area contributed by atoms with E-state index in [2.05, 4.69) is 0 Å². The highest BCUT2D eigenvalue weighted by Gasteiger charge is 2.28. The average molecular weight is 392 g/mol. The second-order valence-electron chi connectivity index (χ2n) is 6.75. The summed E-state index contributed by atoms with van der Waals surface area (Å²) in [7, 11) is 3.37. The maximum absolute atomic E-state index is 13.1. The number of ether oxygens (including phenoxy) is 2. The highest BCUT2D eigenvalue weighted by atomic mass is 32.1. The molecular formula is C19H24N2O5S. The number of aryl methyl sites for hydroxylation is 1. The van der Waals surface area contributed by atoms with Crippen LogP contribution in [0.1, 0.15) is 15.2 Å². The molecule has 1 unspecified atom stereocenters. The zero-order valence-corrected chi connectivity index (χ0v) is 16.5. The lowest BCUT2D eigenvalue weighted by Gasteiger charge is -2.34. The Balaban J connectivity index is 1.74. The van der Waals surface area contributed by atoms with E-state index in [0.29, 0.717) is 26.2 Å². The van der Waals surface area contributed by atoms with E-state index >= 15 is 0 Å². The molecule has 1 aromatic carbocycles. The number of carboxylic acids is 1. The van der Waals surface area contributed by atoms with Crippen LogP contribution in [0.25, 0.3) is 10.1 Å². The van der Waals surface area contributed by atoms with Crippen LogP contribution >= 0.6 is 11.3 Å². The van der Waals surface area contributed by atoms with Crippen LogP contribution in [0.15, 0.2) is 18.2 Å². The molecule has 0 bridgehead atoms. The van der Waals surface area contributed by atoms with Gasteiger partial charge in [-0.1, -0.05) is 0 Å². The van der Waals surface area contributed by atoms with E-state index in [4.69, 9.17) is 14.6 Å². The SMILES string of the molecule is COc1ccc2sc(C(=O)N3CCOC(CN(C)CC(=O)O)C3)c(C)c2c1. The smallest absolute Gasteiger partial charge is 0.317 e. The van der Waals surface area contributed by atoms with Crippen molar-refractivity contribution in [2.24, 2.45) is 0 Å². The molecule has 1 N–H and O–H groups in total. The number of carbonyl (C=O) groups excluding carboxylic acids is 1. The first-order valence-corrected chi connectivity index (χ1v) is 9.59. The lowest BCUT2D eigenvalue weighted by molar-refractivity contribution is -0.138. The van der Waals surface area contributed by atoms with Crippen LogP contribution in [0.5, 0.6) is 5.75 Å². The molecule has 0 aliphatic carbocycles. The molecule has 1 atom stereocenters. The summed E-state index contributed by atoms with van der Waals surface area (Å²) in [5, 5.41) is 9.92. The second-order valence-corrected chi connectivity index (χ2v) is 7.80. The lowest BCUT2D eigenvalue weighted by atomic mass is 10.1. The topological polar surface area (TPSA) is 79.3 Å². The Kier molecular flexibility index (Phi) is 5.98. The van der Waals surface area contributed by atoms with E-state index in [1.165, 1.54) is 11.3 Å². The van der Waals surface area contributed by atoms with Gasteiger partial charge in [0.2, 0.25) is 0 Å². The minimum absolute atomic E-state index is 0.00172. The maximum atomic E-state index is 13.1. The zero-order chi connectivity index (χ0) is 19.6. The molecule has 2 aromatic rings. The molecule has 1 aliphatic heterocycles. The largest absolute Gasteiger partial charge is 0.497 e. The van der Waals surface area contributed by atoms with Crippen molar-refractivity contribution in [1.29, 1.82) is 0 Å². The lowest BCUT2D eigenvalue weighted by Crippen LogP contribution is -2.49. The van der Waals surface area contributed by atoms with Gasteiger partial charge in [0.25, 0.3) is 5.91 Å². The first kappa shape index (κ1) is 19.6. The Morgan fingerprint density at radius 1 is 1.44 bits per heavy atom. The molecule has 1 saturated heterocycles. The van der Waals surface area contributed by atoms with E-state index in [1.807, 2.05) is 25.1 Å². The van der Waals surface area contributed by atoms with Gasteiger partial charge in [-0.2, -0.15) is 0 Å². The second kappa shape index (κ2) is 8.24. The number of aliphatic carboxylic acids is 1. The highest BCUT2D eigenvalue weighted by molar-refractivity contribution is 7.21. The number of rotatable bonds is 6. The number of carbonyl (C=O) groups is 2. The van der Waals surface area contributed by atoms with Gasteiger partial charge in [-0.3, -0.25) is 14.5 Å². The first-order valence-electron chi connectivity index (χ1n) is 8.77. The Labute approximate surface area is 162 Å². The Morgan fingerprint density at radius 2 is 2.22 bits per heavy atom. The molecule has 27 heavy (non-hydrogen) atoms. The van der Waals surface area contributed by atoms with Crippen LogP contribution in [0.4, 0.5) is 0 Å². The molecule has 1 aliphatic rings. The third-order valence-electron chi connectivity index (χ3n) is 4.68. The molecule has 0 spiro atoms. The Hall–Kier alpha value is -2.16. The average Bonchev–Trinajstić information content (AvgIpc) is 2.96. The number of fused-ring (bicyclic) bond motifs is 1. The molecule has 0 saturated carbocycles. The van der Waals surface area contributed by atoms with Crippen LogP contribution in [0.2, 0.25) is 0 Å². The summed E-state index contributed by atoms with van der Waals surface area (Å²) in [6, 6.07) is 5.84. The van der Waals surface area contributed by atoms with Crippen molar-refractivity contribution >= 4 is 33.3 Å². The standard InChI is InChI=1S/C19H24N2O5S/c1-12-15-8-13(25-3)4-5-16(15)27-18(12)19(24)21-6-7-26-14(10-21)9-20(2)11-17(22)23/h4-5,8,14H,6-7,9-11H2,1-3H3,(H,22,23). The van der Waals surface area contributed by atoms with E-state index in [-0.39, 0.29) is 18.6 Å². The van der Waals surface area contributed by atoms with Crippen LogP contribution in [-0.4, -0.2) is 79.8 Å². The van der Waals surface area contributed by atoms with E-state index in [1.54, 1.807) is 24.0 Å². The third-order valence-corrected chi connectivity index (χ3v) is 5.94. The fourth-order valence-electron chi connectivity index (χ4n) is 3.33. The minimum Gasteiger partial charge on any atom is -0.497 e. The molecule has 1 fully saturated rings. The predicted octanol–water partition coefficient (Wildman–Crippen LogP) is 2.08.